The van der Waals surface area contributed by atoms with Crippen LogP contribution < -0.4 is 4.74 Å². The molecule has 0 unspecified atom stereocenters. The van der Waals surface area contributed by atoms with Crippen LogP contribution in [0.4, 0.5) is 0 Å². The molecule has 5 nitrogen and oxygen atoms in total. The van der Waals surface area contributed by atoms with E-state index in [-0.39, 0.29) is 18.4 Å². The Kier molecular flexibility index (Phi) is 6.02. The summed E-state index contributed by atoms with van der Waals surface area (Å²) in [6.45, 7) is 8.79. The molecule has 0 aliphatic rings. The Morgan fingerprint density at radius 1 is 1.04 bits per heavy atom. The molecule has 148 valence electrons. The number of benzene rings is 2. The predicted molar refractivity (Wildman–Crippen MR) is 111 cm³/mol. The molecule has 0 bridgehead atoms. The number of hydrogen-bond acceptors (Lipinski definition) is 4. The smallest absolute Gasteiger partial charge is 0.340 e. The maximum atomic E-state index is 12.7. The van der Waals surface area contributed by atoms with Crippen LogP contribution in [0.25, 0.3) is 21.7 Å². The molecule has 1 heterocycles. The first kappa shape index (κ1) is 19.9. The number of aromatic nitrogens is 1. The molecule has 0 amide bonds. The molecule has 0 N–H and O–H groups in total. The number of hydrogen-bond donors (Lipinski definition) is 0. The van der Waals surface area contributed by atoms with Gasteiger partial charge in [-0.1, -0.05) is 44.5 Å². The fourth-order valence-corrected chi connectivity index (χ4v) is 3.64. The highest BCUT2D eigenvalue weighted by molar-refractivity contribution is 6.16. The number of fused-ring (bicyclic) bond motifs is 3. The van der Waals surface area contributed by atoms with Gasteiger partial charge in [-0.05, 0) is 26.3 Å². The molecule has 1 aromatic heterocycles. The van der Waals surface area contributed by atoms with E-state index < -0.39 is 0 Å². The average molecular weight is 381 g/mol. The van der Waals surface area contributed by atoms with Crippen LogP contribution in [0, 0.1) is 6.92 Å². The van der Waals surface area contributed by atoms with Crippen LogP contribution in [0.3, 0.4) is 0 Å². The molecule has 0 saturated carbocycles. The van der Waals surface area contributed by atoms with Crippen LogP contribution in [-0.2, 0) is 16.1 Å². The zero-order valence-electron chi connectivity index (χ0n) is 17.0. The Labute approximate surface area is 165 Å². The molecule has 3 rings (SSSR count). The highest BCUT2D eigenvalue weighted by Gasteiger charge is 2.24. The van der Waals surface area contributed by atoms with Gasteiger partial charge in [0.25, 0.3) is 0 Å². The Hall–Kier alpha value is -2.82. The zero-order valence-corrected chi connectivity index (χ0v) is 17.0. The van der Waals surface area contributed by atoms with Gasteiger partial charge in [0.05, 0.1) is 17.7 Å². The van der Waals surface area contributed by atoms with Gasteiger partial charge >= 0.3 is 11.9 Å². The Morgan fingerprint density at radius 3 is 2.39 bits per heavy atom. The molecule has 3 aromatic rings. The first-order chi connectivity index (χ1) is 13.5. The Balaban J connectivity index is 2.38. The van der Waals surface area contributed by atoms with Crippen molar-refractivity contribution in [2.75, 3.05) is 6.61 Å². The lowest BCUT2D eigenvalue weighted by molar-refractivity contribution is -0.133. The second-order valence-electron chi connectivity index (χ2n) is 6.83. The predicted octanol–water partition coefficient (Wildman–Crippen LogP) is 5.40. The second-order valence-corrected chi connectivity index (χ2v) is 6.83. The Morgan fingerprint density at radius 2 is 1.75 bits per heavy atom. The molecule has 0 aliphatic carbocycles. The first-order valence-electron chi connectivity index (χ1n) is 9.95. The molecule has 0 saturated heterocycles. The van der Waals surface area contributed by atoms with Crippen LogP contribution in [0.5, 0.6) is 5.75 Å². The van der Waals surface area contributed by atoms with Crippen LogP contribution >= 0.6 is 0 Å². The summed E-state index contributed by atoms with van der Waals surface area (Å²) in [5.41, 5.74) is 2.42. The second kappa shape index (κ2) is 8.46. The number of unbranched alkanes of at least 4 members (excludes halogenated alkanes) is 1. The summed E-state index contributed by atoms with van der Waals surface area (Å²) in [6.07, 6.45) is 2.35. The van der Waals surface area contributed by atoms with Crippen LogP contribution in [0.1, 0.15) is 56.1 Å². The quantitative estimate of drug-likeness (QED) is 0.406. The molecule has 0 spiro atoms. The van der Waals surface area contributed by atoms with E-state index in [0.29, 0.717) is 17.9 Å². The van der Waals surface area contributed by atoms with Crippen LogP contribution in [0.15, 0.2) is 30.3 Å². The van der Waals surface area contributed by atoms with Crippen LogP contribution in [-0.4, -0.2) is 23.1 Å². The number of carbonyl (C=O) groups is 2. The topological polar surface area (TPSA) is 57.5 Å². The van der Waals surface area contributed by atoms with E-state index in [1.165, 1.54) is 0 Å². The standard InChI is InChI=1S/C23H27NO4/c1-5-8-13-24-15(4)21(23(26)27-7-3)18-14-19(28-20(25)6-2)16-11-9-10-12-17(16)22(18)24/h9-12,14H,5-8,13H2,1-4H3. The number of carbonyl (C=O) groups excluding carboxylic acids is 2. The van der Waals surface area contributed by atoms with Crippen molar-refractivity contribution < 1.29 is 19.1 Å². The largest absolute Gasteiger partial charge is 0.462 e. The Bertz CT molecular complexity index is 1030. The van der Waals surface area contributed by atoms with Gasteiger partial charge in [0, 0.05) is 34.8 Å². The molecule has 2 aromatic carbocycles. The minimum absolute atomic E-state index is 0.285. The van der Waals surface area contributed by atoms with Crippen molar-refractivity contribution in [1.29, 1.82) is 0 Å². The van der Waals surface area contributed by atoms with E-state index in [4.69, 9.17) is 9.47 Å². The van der Waals surface area contributed by atoms with Gasteiger partial charge in [-0.3, -0.25) is 4.79 Å². The van der Waals surface area contributed by atoms with E-state index >= 15 is 0 Å². The number of esters is 2. The zero-order chi connectivity index (χ0) is 20.3. The third-order valence-electron chi connectivity index (χ3n) is 5.01. The van der Waals surface area contributed by atoms with E-state index in [9.17, 15) is 9.59 Å². The minimum atomic E-state index is -0.344. The number of aryl methyl sites for hydroxylation is 1. The van der Waals surface area contributed by atoms with Gasteiger partial charge < -0.3 is 14.0 Å². The fourth-order valence-electron chi connectivity index (χ4n) is 3.64. The lowest BCUT2D eigenvalue weighted by atomic mass is 10.0. The SMILES string of the molecule is CCCCn1c(C)c(C(=O)OCC)c2cc(OC(=O)CC)c3ccccc3c21. The van der Waals surface area contributed by atoms with Crippen LogP contribution in [0.2, 0.25) is 0 Å². The average Bonchev–Trinajstić information content (AvgIpc) is 2.97. The molecule has 0 atom stereocenters. The minimum Gasteiger partial charge on any atom is -0.462 e. The summed E-state index contributed by atoms with van der Waals surface area (Å²) in [5.74, 6) is -0.166. The van der Waals surface area contributed by atoms with Crippen molar-refractivity contribution in [1.82, 2.24) is 4.57 Å². The maximum Gasteiger partial charge on any atom is 0.340 e. The van der Waals surface area contributed by atoms with Gasteiger partial charge in [0.15, 0.2) is 0 Å². The van der Waals surface area contributed by atoms with Crippen molar-refractivity contribution >= 4 is 33.6 Å². The normalized spacial score (nSPS) is 11.1. The van der Waals surface area contributed by atoms with E-state index in [1.807, 2.05) is 37.3 Å². The van der Waals surface area contributed by atoms with Gasteiger partial charge in [-0.15, -0.1) is 0 Å². The molecular formula is C23H27NO4. The molecule has 0 aliphatic heterocycles. The van der Waals surface area contributed by atoms with Gasteiger partial charge in [-0.2, -0.15) is 0 Å². The number of ether oxygens (including phenoxy) is 2. The van der Waals surface area contributed by atoms with E-state index in [2.05, 4.69) is 11.5 Å². The third-order valence-corrected chi connectivity index (χ3v) is 5.01. The number of nitrogens with zero attached hydrogens (tertiary/aromatic N) is 1. The summed E-state index contributed by atoms with van der Waals surface area (Å²) >= 11 is 0. The highest BCUT2D eigenvalue weighted by atomic mass is 16.5. The summed E-state index contributed by atoms with van der Waals surface area (Å²) in [7, 11) is 0. The van der Waals surface area contributed by atoms with Crippen molar-refractivity contribution in [3.63, 3.8) is 0 Å². The summed E-state index contributed by atoms with van der Waals surface area (Å²) in [4.78, 5) is 24.7. The molecule has 0 radical (unpaired) electrons. The van der Waals surface area contributed by atoms with Crippen molar-refractivity contribution in [2.24, 2.45) is 0 Å². The van der Waals surface area contributed by atoms with E-state index in [1.54, 1.807) is 13.8 Å². The first-order valence-corrected chi connectivity index (χ1v) is 9.95. The number of rotatable bonds is 7. The summed E-state index contributed by atoms with van der Waals surface area (Å²) in [5, 5.41) is 2.60. The lowest BCUT2D eigenvalue weighted by Gasteiger charge is -2.12. The van der Waals surface area contributed by atoms with E-state index in [0.717, 1.165) is 46.8 Å². The molecule has 28 heavy (non-hydrogen) atoms. The van der Waals surface area contributed by atoms with Gasteiger partial charge in [-0.25, -0.2) is 4.79 Å². The summed E-state index contributed by atoms with van der Waals surface area (Å²) < 4.78 is 13.1. The van der Waals surface area contributed by atoms with Gasteiger partial charge in [0.1, 0.15) is 5.75 Å². The fraction of sp³-hybridized carbons (Fsp3) is 0.391. The highest BCUT2D eigenvalue weighted by Crippen LogP contribution is 2.38. The monoisotopic (exact) mass is 381 g/mol. The maximum absolute atomic E-state index is 12.7. The van der Waals surface area contributed by atoms with Gasteiger partial charge in [0.2, 0.25) is 0 Å². The summed E-state index contributed by atoms with van der Waals surface area (Å²) in [6, 6.07) is 9.66. The van der Waals surface area contributed by atoms with Crippen molar-refractivity contribution in [3.05, 3.63) is 41.6 Å². The third kappa shape index (κ3) is 3.49. The molecule has 5 heteroatoms. The van der Waals surface area contributed by atoms with Crippen molar-refractivity contribution in [2.45, 2.75) is 53.5 Å². The molecule has 0 fully saturated rings. The molecular weight excluding hydrogens is 354 g/mol. The lowest BCUT2D eigenvalue weighted by Crippen LogP contribution is -2.08. The van der Waals surface area contributed by atoms with Crippen molar-refractivity contribution in [3.8, 4) is 5.75 Å².